The smallest absolute Gasteiger partial charge is 0.124 e. The molecule has 1 atom stereocenters. The SMILES string of the molecule is COc1c(C)cc(C(N)C2(CC(C)C)CCCC2)cc1C. The van der Waals surface area contributed by atoms with Gasteiger partial charge in [-0.05, 0) is 61.1 Å². The Morgan fingerprint density at radius 2 is 1.67 bits per heavy atom. The van der Waals surface area contributed by atoms with Crippen LogP contribution < -0.4 is 10.5 Å². The standard InChI is InChI=1S/C19H31NO/c1-13(2)12-19(8-6-7-9-19)18(20)16-10-14(3)17(21-5)15(4)11-16/h10-11,13,18H,6-9,12,20H2,1-5H3. The number of nitrogens with two attached hydrogens (primary N) is 1. The van der Waals surface area contributed by atoms with Crippen molar-refractivity contribution in [3.05, 3.63) is 28.8 Å². The molecule has 0 radical (unpaired) electrons. The molecule has 1 saturated carbocycles. The topological polar surface area (TPSA) is 35.2 Å². The zero-order chi connectivity index (χ0) is 15.6. The Morgan fingerprint density at radius 1 is 1.14 bits per heavy atom. The summed E-state index contributed by atoms with van der Waals surface area (Å²) in [4.78, 5) is 0. The van der Waals surface area contributed by atoms with E-state index in [1.54, 1.807) is 7.11 Å². The van der Waals surface area contributed by atoms with Crippen molar-refractivity contribution in [3.8, 4) is 5.75 Å². The van der Waals surface area contributed by atoms with Gasteiger partial charge in [-0.25, -0.2) is 0 Å². The van der Waals surface area contributed by atoms with E-state index in [0.717, 1.165) is 5.75 Å². The maximum absolute atomic E-state index is 6.77. The lowest BCUT2D eigenvalue weighted by molar-refractivity contribution is 0.183. The van der Waals surface area contributed by atoms with Crippen LogP contribution in [0.1, 0.15) is 68.7 Å². The highest BCUT2D eigenvalue weighted by atomic mass is 16.5. The van der Waals surface area contributed by atoms with E-state index in [0.29, 0.717) is 11.3 Å². The van der Waals surface area contributed by atoms with Gasteiger partial charge in [0.2, 0.25) is 0 Å². The number of hydrogen-bond acceptors (Lipinski definition) is 2. The lowest BCUT2D eigenvalue weighted by atomic mass is 9.70. The van der Waals surface area contributed by atoms with E-state index in [4.69, 9.17) is 10.5 Å². The largest absolute Gasteiger partial charge is 0.496 e. The molecule has 0 heterocycles. The van der Waals surface area contributed by atoms with Crippen LogP contribution in [0.4, 0.5) is 0 Å². The molecule has 21 heavy (non-hydrogen) atoms. The Morgan fingerprint density at radius 3 is 2.10 bits per heavy atom. The van der Waals surface area contributed by atoms with Gasteiger partial charge in [0, 0.05) is 6.04 Å². The average Bonchev–Trinajstić information content (AvgIpc) is 2.86. The summed E-state index contributed by atoms with van der Waals surface area (Å²) in [6.07, 6.45) is 6.44. The van der Waals surface area contributed by atoms with Crippen LogP contribution in [-0.4, -0.2) is 7.11 Å². The summed E-state index contributed by atoms with van der Waals surface area (Å²) >= 11 is 0. The molecule has 1 aromatic rings. The molecule has 0 aliphatic heterocycles. The second-order valence-electron chi connectivity index (χ2n) is 7.33. The van der Waals surface area contributed by atoms with Crippen molar-refractivity contribution >= 4 is 0 Å². The monoisotopic (exact) mass is 289 g/mol. The molecule has 2 N–H and O–H groups in total. The second-order valence-corrected chi connectivity index (χ2v) is 7.33. The van der Waals surface area contributed by atoms with Crippen molar-refractivity contribution in [2.24, 2.45) is 17.1 Å². The fraction of sp³-hybridized carbons (Fsp3) is 0.684. The van der Waals surface area contributed by atoms with Crippen molar-refractivity contribution in [1.29, 1.82) is 0 Å². The molecule has 0 amide bonds. The molecule has 2 nitrogen and oxygen atoms in total. The first kappa shape index (κ1) is 16.4. The first-order valence-corrected chi connectivity index (χ1v) is 8.30. The number of ether oxygens (including phenoxy) is 1. The van der Waals surface area contributed by atoms with E-state index >= 15 is 0 Å². The zero-order valence-electron chi connectivity index (χ0n) is 14.3. The van der Waals surface area contributed by atoms with E-state index in [-0.39, 0.29) is 6.04 Å². The number of benzene rings is 1. The van der Waals surface area contributed by atoms with Crippen LogP contribution in [0.25, 0.3) is 0 Å². The number of rotatable bonds is 5. The number of aryl methyl sites for hydroxylation is 2. The predicted molar refractivity (Wildman–Crippen MR) is 89.8 cm³/mol. The van der Waals surface area contributed by atoms with Crippen molar-refractivity contribution in [1.82, 2.24) is 0 Å². The normalized spacial score (nSPS) is 19.0. The Labute approximate surface area is 130 Å². The molecule has 1 aliphatic carbocycles. The number of methoxy groups -OCH3 is 1. The van der Waals surface area contributed by atoms with Gasteiger partial charge in [0.15, 0.2) is 0 Å². The highest BCUT2D eigenvalue weighted by molar-refractivity contribution is 5.44. The minimum Gasteiger partial charge on any atom is -0.496 e. The summed E-state index contributed by atoms with van der Waals surface area (Å²) in [5.41, 5.74) is 10.7. The lowest BCUT2D eigenvalue weighted by Gasteiger charge is -2.37. The molecule has 2 heteroatoms. The molecule has 1 aromatic carbocycles. The Bertz CT molecular complexity index is 463. The van der Waals surface area contributed by atoms with Crippen LogP contribution in [0, 0.1) is 25.2 Å². The van der Waals surface area contributed by atoms with Crippen LogP contribution in [0.3, 0.4) is 0 Å². The molecule has 0 spiro atoms. The van der Waals surface area contributed by atoms with Crippen molar-refractivity contribution < 1.29 is 4.74 Å². The Kier molecular flexibility index (Phi) is 4.98. The third-order valence-electron chi connectivity index (χ3n) is 5.12. The van der Waals surface area contributed by atoms with E-state index in [1.165, 1.54) is 48.8 Å². The fourth-order valence-corrected chi connectivity index (χ4v) is 4.37. The van der Waals surface area contributed by atoms with Crippen molar-refractivity contribution in [3.63, 3.8) is 0 Å². The van der Waals surface area contributed by atoms with Gasteiger partial charge in [0.05, 0.1) is 7.11 Å². The van der Waals surface area contributed by atoms with Gasteiger partial charge >= 0.3 is 0 Å². The highest BCUT2D eigenvalue weighted by Crippen LogP contribution is 2.51. The minimum absolute atomic E-state index is 0.144. The van der Waals surface area contributed by atoms with Crippen LogP contribution in [-0.2, 0) is 0 Å². The maximum Gasteiger partial charge on any atom is 0.124 e. The Balaban J connectivity index is 2.35. The van der Waals surface area contributed by atoms with Gasteiger partial charge in [-0.2, -0.15) is 0 Å². The van der Waals surface area contributed by atoms with Gasteiger partial charge in [0.25, 0.3) is 0 Å². The average molecular weight is 289 g/mol. The first-order chi connectivity index (χ1) is 9.89. The van der Waals surface area contributed by atoms with Crippen molar-refractivity contribution in [2.45, 2.75) is 65.8 Å². The lowest BCUT2D eigenvalue weighted by Crippen LogP contribution is -2.33. The third kappa shape index (κ3) is 3.26. The van der Waals surface area contributed by atoms with Gasteiger partial charge in [-0.1, -0.05) is 38.8 Å². The van der Waals surface area contributed by atoms with Gasteiger partial charge < -0.3 is 10.5 Å². The molecule has 1 unspecified atom stereocenters. The summed E-state index contributed by atoms with van der Waals surface area (Å²) < 4.78 is 5.48. The fourth-order valence-electron chi connectivity index (χ4n) is 4.37. The maximum atomic E-state index is 6.77. The predicted octanol–water partition coefficient (Wildman–Crippen LogP) is 4.92. The molecule has 0 aromatic heterocycles. The summed E-state index contributed by atoms with van der Waals surface area (Å²) in [5.74, 6) is 1.70. The molecule has 0 bridgehead atoms. The van der Waals surface area contributed by atoms with Crippen molar-refractivity contribution in [2.75, 3.05) is 7.11 Å². The summed E-state index contributed by atoms with van der Waals surface area (Å²) in [6.45, 7) is 8.87. The molecule has 0 saturated heterocycles. The molecule has 118 valence electrons. The summed E-state index contributed by atoms with van der Waals surface area (Å²) in [5, 5.41) is 0. The minimum atomic E-state index is 0.144. The molecule has 2 rings (SSSR count). The number of hydrogen-bond donors (Lipinski definition) is 1. The summed E-state index contributed by atoms with van der Waals surface area (Å²) in [7, 11) is 1.74. The molecular formula is C19H31NO. The van der Waals surface area contributed by atoms with Crippen LogP contribution in [0.5, 0.6) is 5.75 Å². The molecule has 1 fully saturated rings. The molecular weight excluding hydrogens is 258 g/mol. The Hall–Kier alpha value is -1.02. The van der Waals surface area contributed by atoms with E-state index < -0.39 is 0 Å². The van der Waals surface area contributed by atoms with Crippen LogP contribution in [0.2, 0.25) is 0 Å². The summed E-state index contributed by atoms with van der Waals surface area (Å²) in [6, 6.07) is 4.61. The second kappa shape index (κ2) is 6.39. The highest BCUT2D eigenvalue weighted by Gasteiger charge is 2.40. The van der Waals surface area contributed by atoms with E-state index in [2.05, 4.69) is 39.8 Å². The van der Waals surface area contributed by atoms with Gasteiger partial charge in [-0.3, -0.25) is 0 Å². The van der Waals surface area contributed by atoms with Crippen LogP contribution in [0.15, 0.2) is 12.1 Å². The zero-order valence-corrected chi connectivity index (χ0v) is 14.3. The van der Waals surface area contributed by atoms with Gasteiger partial charge in [-0.15, -0.1) is 0 Å². The van der Waals surface area contributed by atoms with E-state index in [1.807, 2.05) is 0 Å². The quantitative estimate of drug-likeness (QED) is 0.835. The molecule has 1 aliphatic rings. The third-order valence-corrected chi connectivity index (χ3v) is 5.12. The first-order valence-electron chi connectivity index (χ1n) is 8.30. The van der Waals surface area contributed by atoms with Gasteiger partial charge in [0.1, 0.15) is 5.75 Å². The van der Waals surface area contributed by atoms with E-state index in [9.17, 15) is 0 Å². The van der Waals surface area contributed by atoms with Crippen LogP contribution >= 0.6 is 0 Å².